The molecule has 1 aromatic carbocycles. The molecule has 0 fully saturated rings. The van der Waals surface area contributed by atoms with Crippen LogP contribution >= 0.6 is 27.5 Å². The molecule has 1 heterocycles. The van der Waals surface area contributed by atoms with E-state index in [0.29, 0.717) is 22.6 Å². The lowest BCUT2D eigenvalue weighted by Crippen LogP contribution is -2.23. The van der Waals surface area contributed by atoms with Crippen LogP contribution in [0.1, 0.15) is 17.3 Å². The first kappa shape index (κ1) is 16.4. The number of aromatic nitrogens is 2. The van der Waals surface area contributed by atoms with Gasteiger partial charge >= 0.3 is 0 Å². The molecule has 1 unspecified atom stereocenters. The van der Waals surface area contributed by atoms with Crippen molar-refractivity contribution in [3.8, 4) is 0 Å². The predicted molar refractivity (Wildman–Crippen MR) is 84.1 cm³/mol. The molecule has 1 aromatic heterocycles. The van der Waals surface area contributed by atoms with Gasteiger partial charge in [0.2, 0.25) is 0 Å². The monoisotopic (exact) mass is 375 g/mol. The third-order valence-electron chi connectivity index (χ3n) is 3.12. The zero-order valence-corrected chi connectivity index (χ0v) is 14.1. The number of benzene rings is 1. The molecule has 1 atom stereocenters. The number of nitrogens with zero attached hydrogens (tertiary/aromatic N) is 2. The van der Waals surface area contributed by atoms with Crippen molar-refractivity contribution in [2.75, 3.05) is 20.8 Å². The highest BCUT2D eigenvalue weighted by Crippen LogP contribution is 2.30. The van der Waals surface area contributed by atoms with E-state index in [4.69, 9.17) is 16.3 Å². The Labute approximate surface area is 136 Å². The van der Waals surface area contributed by atoms with Crippen molar-refractivity contribution in [2.24, 2.45) is 0 Å². The fourth-order valence-electron chi connectivity index (χ4n) is 2.22. The Bertz CT molecular complexity index is 600. The minimum absolute atomic E-state index is 0.260. The SMILES string of the molecule is CNC(c1cc(F)cc(Br)c1)c1c(Cl)cnn1CCOC. The molecule has 7 heteroatoms. The van der Waals surface area contributed by atoms with Gasteiger partial charge in [-0.3, -0.25) is 4.68 Å². The highest BCUT2D eigenvalue weighted by Gasteiger charge is 2.21. The van der Waals surface area contributed by atoms with E-state index in [-0.39, 0.29) is 11.9 Å². The highest BCUT2D eigenvalue weighted by atomic mass is 79.9. The Morgan fingerprint density at radius 1 is 1.48 bits per heavy atom. The van der Waals surface area contributed by atoms with Gasteiger partial charge in [-0.2, -0.15) is 5.10 Å². The third kappa shape index (κ3) is 3.83. The summed E-state index contributed by atoms with van der Waals surface area (Å²) in [5.41, 5.74) is 1.55. The van der Waals surface area contributed by atoms with E-state index in [2.05, 4.69) is 26.3 Å². The van der Waals surface area contributed by atoms with Crippen LogP contribution in [0.25, 0.3) is 0 Å². The molecule has 0 radical (unpaired) electrons. The normalized spacial score (nSPS) is 12.6. The average Bonchev–Trinajstić information content (AvgIpc) is 2.78. The number of ether oxygens (including phenoxy) is 1. The smallest absolute Gasteiger partial charge is 0.124 e. The third-order valence-corrected chi connectivity index (χ3v) is 3.87. The first-order chi connectivity index (χ1) is 10.1. The van der Waals surface area contributed by atoms with Gasteiger partial charge in [0.25, 0.3) is 0 Å². The van der Waals surface area contributed by atoms with E-state index in [1.807, 2.05) is 6.07 Å². The van der Waals surface area contributed by atoms with Gasteiger partial charge in [0.05, 0.1) is 36.1 Å². The van der Waals surface area contributed by atoms with Crippen molar-refractivity contribution in [2.45, 2.75) is 12.6 Å². The minimum Gasteiger partial charge on any atom is -0.383 e. The topological polar surface area (TPSA) is 39.1 Å². The first-order valence-electron chi connectivity index (χ1n) is 6.40. The lowest BCUT2D eigenvalue weighted by atomic mass is 10.0. The van der Waals surface area contributed by atoms with Gasteiger partial charge in [-0.05, 0) is 30.8 Å². The predicted octanol–water partition coefficient (Wildman–Crippen LogP) is 3.39. The first-order valence-corrected chi connectivity index (χ1v) is 7.57. The van der Waals surface area contributed by atoms with Crippen LogP contribution in [0.5, 0.6) is 0 Å². The van der Waals surface area contributed by atoms with E-state index in [0.717, 1.165) is 11.3 Å². The maximum atomic E-state index is 13.6. The van der Waals surface area contributed by atoms with Crippen molar-refractivity contribution in [3.05, 3.63) is 51.0 Å². The highest BCUT2D eigenvalue weighted by molar-refractivity contribution is 9.10. The van der Waals surface area contributed by atoms with Crippen LogP contribution in [-0.2, 0) is 11.3 Å². The molecule has 2 aromatic rings. The Hall–Kier alpha value is -0.950. The summed E-state index contributed by atoms with van der Waals surface area (Å²) in [5.74, 6) is -0.307. The van der Waals surface area contributed by atoms with Crippen LogP contribution in [-0.4, -0.2) is 30.5 Å². The Kier molecular flexibility index (Phi) is 5.75. The quantitative estimate of drug-likeness (QED) is 0.840. The molecule has 0 saturated carbocycles. The molecule has 114 valence electrons. The summed E-state index contributed by atoms with van der Waals surface area (Å²) in [4.78, 5) is 0. The van der Waals surface area contributed by atoms with Crippen molar-refractivity contribution in [3.63, 3.8) is 0 Å². The van der Waals surface area contributed by atoms with E-state index < -0.39 is 0 Å². The molecule has 0 aliphatic heterocycles. The van der Waals surface area contributed by atoms with E-state index in [1.165, 1.54) is 12.1 Å². The van der Waals surface area contributed by atoms with Crippen LogP contribution in [0.15, 0.2) is 28.9 Å². The number of rotatable bonds is 6. The largest absolute Gasteiger partial charge is 0.383 e. The number of hydrogen-bond acceptors (Lipinski definition) is 3. The molecule has 0 aliphatic carbocycles. The number of hydrogen-bond donors (Lipinski definition) is 1. The number of halogens is 3. The summed E-state index contributed by atoms with van der Waals surface area (Å²) in [6.07, 6.45) is 1.59. The van der Waals surface area contributed by atoms with Gasteiger partial charge in [-0.15, -0.1) is 0 Å². The van der Waals surface area contributed by atoms with Crippen molar-refractivity contribution >= 4 is 27.5 Å². The van der Waals surface area contributed by atoms with Crippen LogP contribution in [0.2, 0.25) is 5.02 Å². The summed E-state index contributed by atoms with van der Waals surface area (Å²) >= 11 is 9.57. The summed E-state index contributed by atoms with van der Waals surface area (Å²) < 4.78 is 21.2. The average molecular weight is 377 g/mol. The number of nitrogens with one attached hydrogen (secondary N) is 1. The molecular weight excluding hydrogens is 361 g/mol. The van der Waals surface area contributed by atoms with Gasteiger partial charge in [0.15, 0.2) is 0 Å². The lowest BCUT2D eigenvalue weighted by molar-refractivity contribution is 0.182. The molecule has 0 bridgehead atoms. The Balaban J connectivity index is 2.43. The second-order valence-corrected chi connectivity index (χ2v) is 5.84. The zero-order valence-electron chi connectivity index (χ0n) is 11.7. The van der Waals surface area contributed by atoms with Crippen molar-refractivity contribution < 1.29 is 9.13 Å². The lowest BCUT2D eigenvalue weighted by Gasteiger charge is -2.19. The molecule has 4 nitrogen and oxygen atoms in total. The second kappa shape index (κ2) is 7.35. The molecule has 0 spiro atoms. The standard InChI is InChI=1S/C14H16BrClFN3O/c1-18-13(9-5-10(15)7-11(17)6-9)14-12(16)8-19-20(14)3-4-21-2/h5-8,13,18H,3-4H2,1-2H3. The Morgan fingerprint density at radius 3 is 2.86 bits per heavy atom. The van der Waals surface area contributed by atoms with Gasteiger partial charge in [-0.25, -0.2) is 4.39 Å². The molecule has 0 amide bonds. The zero-order chi connectivity index (χ0) is 15.4. The second-order valence-electron chi connectivity index (χ2n) is 4.52. The summed E-state index contributed by atoms with van der Waals surface area (Å²) in [7, 11) is 3.43. The van der Waals surface area contributed by atoms with Gasteiger partial charge in [0, 0.05) is 11.6 Å². The van der Waals surface area contributed by atoms with Gasteiger partial charge in [0.1, 0.15) is 5.82 Å². The van der Waals surface area contributed by atoms with Crippen LogP contribution < -0.4 is 5.32 Å². The van der Waals surface area contributed by atoms with Crippen LogP contribution in [0, 0.1) is 5.82 Å². The fraction of sp³-hybridized carbons (Fsp3) is 0.357. The molecule has 1 N–H and O–H groups in total. The van der Waals surface area contributed by atoms with E-state index in [1.54, 1.807) is 25.0 Å². The maximum absolute atomic E-state index is 13.6. The molecular formula is C14H16BrClFN3O. The fourth-order valence-corrected chi connectivity index (χ4v) is 2.95. The van der Waals surface area contributed by atoms with Gasteiger partial charge < -0.3 is 10.1 Å². The molecule has 2 rings (SSSR count). The molecule has 0 saturated heterocycles. The maximum Gasteiger partial charge on any atom is 0.124 e. The van der Waals surface area contributed by atoms with Crippen LogP contribution in [0.3, 0.4) is 0 Å². The van der Waals surface area contributed by atoms with Gasteiger partial charge in [-0.1, -0.05) is 27.5 Å². The molecule has 0 aliphatic rings. The van der Waals surface area contributed by atoms with Crippen molar-refractivity contribution in [1.29, 1.82) is 0 Å². The Morgan fingerprint density at radius 2 is 2.24 bits per heavy atom. The van der Waals surface area contributed by atoms with E-state index >= 15 is 0 Å². The summed E-state index contributed by atoms with van der Waals surface area (Å²) in [6.45, 7) is 1.10. The summed E-state index contributed by atoms with van der Waals surface area (Å²) in [5, 5.41) is 7.94. The van der Waals surface area contributed by atoms with E-state index in [9.17, 15) is 4.39 Å². The number of methoxy groups -OCH3 is 1. The molecule has 21 heavy (non-hydrogen) atoms. The summed E-state index contributed by atoms with van der Waals surface area (Å²) in [6, 6.07) is 4.49. The minimum atomic E-state index is -0.307. The van der Waals surface area contributed by atoms with Crippen LogP contribution in [0.4, 0.5) is 4.39 Å². The van der Waals surface area contributed by atoms with Crippen molar-refractivity contribution in [1.82, 2.24) is 15.1 Å².